The Hall–Kier alpha value is -0.643. The molecule has 2 bridgehead atoms. The van der Waals surface area contributed by atoms with Crippen LogP contribution >= 0.6 is 0 Å². The fourth-order valence-electron chi connectivity index (χ4n) is 4.17. The van der Waals surface area contributed by atoms with Crippen molar-refractivity contribution in [3.05, 3.63) is 30.3 Å². The Morgan fingerprint density at radius 1 is 1.20 bits per heavy atom. The molecule has 1 aromatic carbocycles. The number of hydrogen-bond donors (Lipinski definition) is 0. The maximum Gasteiger partial charge on any atom is 0.480 e. The summed E-state index contributed by atoms with van der Waals surface area (Å²) in [6.07, 6.45) is 1.42. The van der Waals surface area contributed by atoms with Crippen LogP contribution in [0.1, 0.15) is 6.42 Å². The summed E-state index contributed by atoms with van der Waals surface area (Å²) in [6.45, 7) is 5.11. The van der Waals surface area contributed by atoms with Gasteiger partial charge in [-0.3, -0.25) is 0 Å². The Morgan fingerprint density at radius 3 is 2.87 bits per heavy atom. The molecular formula is C12H16NOSi+. The van der Waals surface area contributed by atoms with E-state index in [0.717, 1.165) is 12.1 Å². The molecular weight excluding hydrogens is 202 g/mol. The Kier molecular flexibility index (Phi) is 1.44. The SMILES string of the molecule is c1ccc([Si]23OCC[N+]24CCC3C4)cc1. The monoisotopic (exact) mass is 218 g/mol. The van der Waals surface area contributed by atoms with Gasteiger partial charge in [-0.05, 0) is 0 Å². The molecule has 4 heterocycles. The van der Waals surface area contributed by atoms with Gasteiger partial charge in [0.25, 0.3) is 0 Å². The number of fused-ring (bicyclic) bond motifs is 1. The molecule has 0 aromatic heterocycles. The van der Waals surface area contributed by atoms with E-state index in [1.54, 1.807) is 5.19 Å². The van der Waals surface area contributed by atoms with Crippen molar-refractivity contribution in [2.45, 2.75) is 12.0 Å². The molecule has 3 atom stereocenters. The number of nitrogens with zero attached hydrogens (tertiary/aromatic N) is 1. The molecule has 0 saturated carbocycles. The molecule has 1 aromatic rings. The summed E-state index contributed by atoms with van der Waals surface area (Å²) in [7, 11) is -1.56. The quantitative estimate of drug-likeness (QED) is 0.638. The summed E-state index contributed by atoms with van der Waals surface area (Å²) in [5.74, 6) is 0. The van der Waals surface area contributed by atoms with E-state index in [4.69, 9.17) is 4.43 Å². The van der Waals surface area contributed by atoms with Gasteiger partial charge in [-0.25, -0.2) is 0 Å². The molecule has 0 N–H and O–H groups in total. The number of quaternary nitrogens is 1. The predicted octanol–water partition coefficient (Wildman–Crippen LogP) is 0.970. The van der Waals surface area contributed by atoms with Crippen LogP contribution in [0, 0.1) is 0 Å². The van der Waals surface area contributed by atoms with E-state index in [0.29, 0.717) is 0 Å². The van der Waals surface area contributed by atoms with Crippen molar-refractivity contribution in [3.8, 4) is 0 Å². The molecule has 0 aliphatic carbocycles. The second-order valence-electron chi connectivity index (χ2n) is 5.17. The maximum atomic E-state index is 6.31. The average Bonchev–Trinajstić information content (AvgIpc) is 2.89. The van der Waals surface area contributed by atoms with E-state index in [2.05, 4.69) is 30.3 Å². The first-order valence-electron chi connectivity index (χ1n) is 5.93. The molecule has 4 fully saturated rings. The molecule has 4 aliphatic rings. The predicted molar refractivity (Wildman–Crippen MR) is 61.0 cm³/mol. The molecule has 78 valence electrons. The highest BCUT2D eigenvalue weighted by molar-refractivity contribution is 6.84. The van der Waals surface area contributed by atoms with Gasteiger partial charge in [-0.1, -0.05) is 30.3 Å². The van der Waals surface area contributed by atoms with Crippen LogP contribution in [-0.2, 0) is 4.43 Å². The lowest BCUT2D eigenvalue weighted by molar-refractivity contribution is -0.831. The van der Waals surface area contributed by atoms with Crippen LogP contribution in [0.25, 0.3) is 0 Å². The highest BCUT2D eigenvalue weighted by Crippen LogP contribution is 2.56. The minimum Gasteiger partial charge on any atom is -0.360 e. The first-order chi connectivity index (χ1) is 7.37. The van der Waals surface area contributed by atoms with Crippen LogP contribution in [0.3, 0.4) is 0 Å². The molecule has 3 unspecified atom stereocenters. The van der Waals surface area contributed by atoms with Crippen LogP contribution in [0.4, 0.5) is 0 Å². The summed E-state index contributed by atoms with van der Waals surface area (Å²) in [5.41, 5.74) is 0.919. The average molecular weight is 218 g/mol. The zero-order valence-electron chi connectivity index (χ0n) is 8.86. The lowest BCUT2D eigenvalue weighted by Crippen LogP contribution is -2.79. The van der Waals surface area contributed by atoms with Crippen molar-refractivity contribution < 1.29 is 8.57 Å². The molecule has 1 spiro atoms. The summed E-state index contributed by atoms with van der Waals surface area (Å²) in [5, 5.41) is 1.55. The Balaban J connectivity index is 1.89. The van der Waals surface area contributed by atoms with E-state index in [1.165, 1.54) is 30.2 Å². The normalized spacial score (nSPS) is 46.3. The Bertz CT molecular complexity index is 400. The van der Waals surface area contributed by atoms with Gasteiger partial charge in [-0.15, -0.1) is 0 Å². The lowest BCUT2D eigenvalue weighted by Gasteiger charge is -2.50. The van der Waals surface area contributed by atoms with Crippen molar-refractivity contribution >= 4 is 13.7 Å². The third-order valence-corrected chi connectivity index (χ3v) is 10.2. The van der Waals surface area contributed by atoms with Gasteiger partial charge < -0.3 is 8.57 Å². The van der Waals surface area contributed by atoms with E-state index >= 15 is 0 Å². The van der Waals surface area contributed by atoms with Crippen LogP contribution < -0.4 is 5.19 Å². The second kappa shape index (κ2) is 2.54. The van der Waals surface area contributed by atoms with Crippen LogP contribution in [0.2, 0.25) is 5.54 Å². The largest absolute Gasteiger partial charge is 0.480 e. The standard InChI is InChI=1S/C12H16NOSi/c1-2-4-11(5-3-1)15-12-6-7-13(15,10-12)8-9-14-15/h1-5,12H,6-10H2/q+1. The molecule has 5 rings (SSSR count). The Morgan fingerprint density at radius 2 is 2.07 bits per heavy atom. The van der Waals surface area contributed by atoms with Gasteiger partial charge in [0.1, 0.15) is 0 Å². The van der Waals surface area contributed by atoms with Crippen LogP contribution in [0.5, 0.6) is 0 Å². The van der Waals surface area contributed by atoms with Gasteiger partial charge in [0, 0.05) is 11.6 Å². The van der Waals surface area contributed by atoms with Gasteiger partial charge >= 0.3 is 8.48 Å². The van der Waals surface area contributed by atoms with E-state index in [-0.39, 0.29) is 0 Å². The molecule has 15 heavy (non-hydrogen) atoms. The lowest BCUT2D eigenvalue weighted by atomic mass is 10.4. The van der Waals surface area contributed by atoms with Gasteiger partial charge in [0.15, 0.2) is 0 Å². The van der Waals surface area contributed by atoms with Crippen LogP contribution in [-0.4, -0.2) is 38.9 Å². The van der Waals surface area contributed by atoms with Gasteiger partial charge in [-0.2, -0.15) is 0 Å². The third-order valence-electron chi connectivity index (χ3n) is 4.76. The summed E-state index contributed by atoms with van der Waals surface area (Å²) >= 11 is 0. The fourth-order valence-corrected chi connectivity index (χ4v) is 9.89. The maximum absolute atomic E-state index is 6.31. The van der Waals surface area contributed by atoms with E-state index in [9.17, 15) is 0 Å². The third kappa shape index (κ3) is 0.768. The highest BCUT2D eigenvalue weighted by atomic mass is 28.4. The zero-order valence-corrected chi connectivity index (χ0v) is 9.86. The van der Waals surface area contributed by atoms with Gasteiger partial charge in [0.05, 0.1) is 31.8 Å². The van der Waals surface area contributed by atoms with Crippen molar-refractivity contribution in [2.75, 3.05) is 26.2 Å². The first-order valence-corrected chi connectivity index (χ1v) is 7.86. The Labute approximate surface area is 91.3 Å². The van der Waals surface area contributed by atoms with Crippen molar-refractivity contribution in [2.24, 2.45) is 0 Å². The summed E-state index contributed by atoms with van der Waals surface area (Å²) < 4.78 is 7.68. The van der Waals surface area contributed by atoms with Crippen molar-refractivity contribution in [1.29, 1.82) is 0 Å². The second-order valence-corrected chi connectivity index (χ2v) is 9.20. The van der Waals surface area contributed by atoms with E-state index in [1.807, 2.05) is 0 Å². The molecule has 0 radical (unpaired) electrons. The first kappa shape index (κ1) is 8.50. The van der Waals surface area contributed by atoms with E-state index < -0.39 is 8.48 Å². The molecule has 2 nitrogen and oxygen atoms in total. The van der Waals surface area contributed by atoms with Crippen LogP contribution in [0.15, 0.2) is 30.3 Å². The van der Waals surface area contributed by atoms with Crippen molar-refractivity contribution in [1.82, 2.24) is 0 Å². The van der Waals surface area contributed by atoms with Gasteiger partial charge in [0.2, 0.25) is 0 Å². The minimum absolute atomic E-state index is 0.919. The van der Waals surface area contributed by atoms with Crippen molar-refractivity contribution in [3.63, 3.8) is 0 Å². The number of hydrogen-bond acceptors (Lipinski definition) is 1. The minimum atomic E-state index is -1.56. The molecule has 4 saturated heterocycles. The summed E-state index contributed by atoms with van der Waals surface area (Å²) in [6, 6.07) is 11.1. The highest BCUT2D eigenvalue weighted by Gasteiger charge is 2.80. The summed E-state index contributed by atoms with van der Waals surface area (Å²) in [4.78, 5) is 0. The molecule has 0 amide bonds. The molecule has 3 heteroatoms. The smallest absolute Gasteiger partial charge is 0.360 e. The number of rotatable bonds is 1. The zero-order chi connectivity index (χ0) is 9.93. The fraction of sp³-hybridized carbons (Fsp3) is 0.500. The topological polar surface area (TPSA) is 9.23 Å². The molecule has 4 aliphatic heterocycles. The number of benzene rings is 1.